The molecule has 1 amide bonds. The lowest BCUT2D eigenvalue weighted by Crippen LogP contribution is -2.37. The third-order valence-corrected chi connectivity index (χ3v) is 6.89. The van der Waals surface area contributed by atoms with Gasteiger partial charge in [-0.05, 0) is 35.9 Å². The molecule has 0 fully saturated rings. The molecule has 0 saturated carbocycles. The summed E-state index contributed by atoms with van der Waals surface area (Å²) in [6.07, 6.45) is -0.376. The van der Waals surface area contributed by atoms with Gasteiger partial charge < -0.3 is 14.8 Å². The van der Waals surface area contributed by atoms with Crippen LogP contribution in [0.25, 0.3) is 10.9 Å². The first-order valence-corrected chi connectivity index (χ1v) is 12.5. The minimum Gasteiger partial charge on any atom is -0.486 e. The lowest BCUT2D eigenvalue weighted by Gasteiger charge is -2.27. The number of rotatable bonds is 7. The first-order chi connectivity index (χ1) is 17.1. The zero-order valence-corrected chi connectivity index (χ0v) is 20.2. The molecule has 4 aromatic rings. The number of carbonyl (C=O) groups excluding carboxylic acids is 1. The molecule has 0 radical (unpaired) electrons. The minimum atomic E-state index is -0.376. The fraction of sp³-hybridized carbons (Fsp3) is 0.192. The summed E-state index contributed by atoms with van der Waals surface area (Å²) in [5, 5.41) is 4.43. The first kappa shape index (κ1) is 23.3. The summed E-state index contributed by atoms with van der Waals surface area (Å²) in [5.74, 6) is 1.23. The smallest absolute Gasteiger partial charge is 0.262 e. The van der Waals surface area contributed by atoms with Crippen molar-refractivity contribution in [2.24, 2.45) is 0 Å². The molecule has 3 aromatic carbocycles. The Bertz CT molecular complexity index is 1440. The quantitative estimate of drug-likeness (QED) is 0.297. The Morgan fingerprint density at radius 3 is 2.66 bits per heavy atom. The maximum Gasteiger partial charge on any atom is 0.262 e. The average molecular weight is 508 g/mol. The molecule has 2 heterocycles. The maximum absolute atomic E-state index is 13.4. The van der Waals surface area contributed by atoms with Crippen molar-refractivity contribution >= 4 is 40.2 Å². The standard InChI is InChI=1S/C26H22ClN3O4S/c27-20-9-3-1-7-17(20)13-28-24(31)16-35-26-29-21-10-4-2-8-19(21)25(32)30(26)14-18-15-33-22-11-5-6-12-23(22)34-18/h1-12,18H,13-16H2,(H,28,31)/t18-/m1/s1. The Kier molecular flexibility index (Phi) is 6.92. The van der Waals surface area contributed by atoms with Crippen LogP contribution in [0.3, 0.4) is 0 Å². The molecule has 1 aliphatic heterocycles. The van der Waals surface area contributed by atoms with Gasteiger partial charge in [0.05, 0.1) is 23.2 Å². The fourth-order valence-electron chi connectivity index (χ4n) is 3.79. The zero-order valence-electron chi connectivity index (χ0n) is 18.6. The number of amides is 1. The highest BCUT2D eigenvalue weighted by Gasteiger charge is 2.24. The van der Waals surface area contributed by atoms with Crippen LogP contribution in [0.5, 0.6) is 11.5 Å². The molecule has 5 rings (SSSR count). The molecule has 9 heteroatoms. The second-order valence-electron chi connectivity index (χ2n) is 7.98. The number of fused-ring (bicyclic) bond motifs is 2. The van der Waals surface area contributed by atoms with Gasteiger partial charge in [0.25, 0.3) is 5.56 Å². The molecule has 1 aromatic heterocycles. The van der Waals surface area contributed by atoms with E-state index < -0.39 is 0 Å². The molecule has 0 aliphatic carbocycles. The van der Waals surface area contributed by atoms with Crippen molar-refractivity contribution in [2.45, 2.75) is 24.3 Å². The van der Waals surface area contributed by atoms with Gasteiger partial charge in [0.2, 0.25) is 5.91 Å². The van der Waals surface area contributed by atoms with Gasteiger partial charge in [-0.3, -0.25) is 14.2 Å². The molecular formula is C26H22ClN3O4S. The van der Waals surface area contributed by atoms with Crippen LogP contribution in [0.15, 0.2) is 82.7 Å². The fourth-order valence-corrected chi connectivity index (χ4v) is 4.83. The molecule has 1 atom stereocenters. The summed E-state index contributed by atoms with van der Waals surface area (Å²) in [6.45, 7) is 0.872. The van der Waals surface area contributed by atoms with Crippen molar-refractivity contribution in [2.75, 3.05) is 12.4 Å². The molecule has 1 aliphatic rings. The molecule has 0 spiro atoms. The van der Waals surface area contributed by atoms with Crippen LogP contribution in [0.1, 0.15) is 5.56 Å². The second-order valence-corrected chi connectivity index (χ2v) is 9.33. The molecule has 0 bridgehead atoms. The highest BCUT2D eigenvalue weighted by Crippen LogP contribution is 2.31. The van der Waals surface area contributed by atoms with Crippen LogP contribution in [-0.4, -0.2) is 33.9 Å². The van der Waals surface area contributed by atoms with E-state index in [0.29, 0.717) is 45.7 Å². The summed E-state index contributed by atoms with van der Waals surface area (Å²) in [6, 6.07) is 22.0. The number of benzene rings is 3. The van der Waals surface area contributed by atoms with Gasteiger partial charge >= 0.3 is 0 Å². The maximum atomic E-state index is 13.4. The van der Waals surface area contributed by atoms with Gasteiger partial charge in [0.1, 0.15) is 6.61 Å². The number of aromatic nitrogens is 2. The number of hydrogen-bond donors (Lipinski definition) is 1. The van der Waals surface area contributed by atoms with E-state index in [1.165, 1.54) is 11.8 Å². The third-order valence-electron chi connectivity index (χ3n) is 5.55. The topological polar surface area (TPSA) is 82.5 Å². The molecular weight excluding hydrogens is 486 g/mol. The van der Waals surface area contributed by atoms with Crippen molar-refractivity contribution in [3.8, 4) is 11.5 Å². The van der Waals surface area contributed by atoms with Gasteiger partial charge in [-0.1, -0.05) is 65.8 Å². The Morgan fingerprint density at radius 1 is 1.06 bits per heavy atom. The Balaban J connectivity index is 1.34. The predicted octanol–water partition coefficient (Wildman–Crippen LogP) is 4.30. The number of nitrogens with one attached hydrogen (secondary N) is 1. The summed E-state index contributed by atoms with van der Waals surface area (Å²) < 4.78 is 13.4. The molecule has 0 unspecified atom stereocenters. The summed E-state index contributed by atoms with van der Waals surface area (Å²) in [4.78, 5) is 30.6. The van der Waals surface area contributed by atoms with Gasteiger partial charge in [-0.2, -0.15) is 0 Å². The number of halogens is 1. The Morgan fingerprint density at radius 2 is 1.80 bits per heavy atom. The van der Waals surface area contributed by atoms with Crippen molar-refractivity contribution < 1.29 is 14.3 Å². The average Bonchev–Trinajstić information content (AvgIpc) is 2.89. The summed E-state index contributed by atoms with van der Waals surface area (Å²) >= 11 is 7.38. The van der Waals surface area contributed by atoms with E-state index in [1.807, 2.05) is 48.5 Å². The molecule has 35 heavy (non-hydrogen) atoms. The molecule has 7 nitrogen and oxygen atoms in total. The van der Waals surface area contributed by atoms with E-state index in [1.54, 1.807) is 28.8 Å². The van der Waals surface area contributed by atoms with E-state index >= 15 is 0 Å². The lowest BCUT2D eigenvalue weighted by molar-refractivity contribution is -0.118. The SMILES string of the molecule is O=C(CSc1nc2ccccc2c(=O)n1C[C@@H]1COc2ccccc2O1)NCc1ccccc1Cl. The number of ether oxygens (including phenoxy) is 2. The van der Waals surface area contributed by atoms with Crippen LogP contribution in [-0.2, 0) is 17.9 Å². The second kappa shape index (κ2) is 10.4. The molecule has 1 N–H and O–H groups in total. The highest BCUT2D eigenvalue weighted by atomic mass is 35.5. The van der Waals surface area contributed by atoms with Gasteiger partial charge in [-0.25, -0.2) is 4.98 Å². The van der Waals surface area contributed by atoms with Gasteiger partial charge in [0, 0.05) is 11.6 Å². The van der Waals surface area contributed by atoms with E-state index in [9.17, 15) is 9.59 Å². The number of para-hydroxylation sites is 3. The minimum absolute atomic E-state index is 0.0973. The number of carbonyl (C=O) groups is 1. The van der Waals surface area contributed by atoms with E-state index in [0.717, 1.165) is 5.56 Å². The van der Waals surface area contributed by atoms with Gasteiger partial charge in [-0.15, -0.1) is 0 Å². The highest BCUT2D eigenvalue weighted by molar-refractivity contribution is 7.99. The third kappa shape index (κ3) is 5.28. The number of nitrogens with zero attached hydrogens (tertiary/aromatic N) is 2. The van der Waals surface area contributed by atoms with Crippen LogP contribution < -0.4 is 20.3 Å². The van der Waals surface area contributed by atoms with E-state index in [-0.39, 0.29) is 29.9 Å². The monoisotopic (exact) mass is 507 g/mol. The zero-order chi connectivity index (χ0) is 24.2. The normalized spacial score (nSPS) is 14.6. The van der Waals surface area contributed by atoms with Crippen LogP contribution in [0.2, 0.25) is 5.02 Å². The predicted molar refractivity (Wildman–Crippen MR) is 136 cm³/mol. The van der Waals surface area contributed by atoms with Crippen molar-refractivity contribution in [1.82, 2.24) is 14.9 Å². The van der Waals surface area contributed by atoms with Crippen molar-refractivity contribution in [3.05, 3.63) is 93.7 Å². The van der Waals surface area contributed by atoms with E-state index in [2.05, 4.69) is 10.3 Å². The Hall–Kier alpha value is -3.49. The van der Waals surface area contributed by atoms with E-state index in [4.69, 9.17) is 21.1 Å². The summed E-state index contributed by atoms with van der Waals surface area (Å²) in [7, 11) is 0. The lowest BCUT2D eigenvalue weighted by atomic mass is 10.2. The Labute approximate surface area is 211 Å². The number of hydrogen-bond acceptors (Lipinski definition) is 6. The van der Waals surface area contributed by atoms with Crippen LogP contribution >= 0.6 is 23.4 Å². The van der Waals surface area contributed by atoms with Crippen molar-refractivity contribution in [3.63, 3.8) is 0 Å². The molecule has 0 saturated heterocycles. The number of thioether (sulfide) groups is 1. The largest absolute Gasteiger partial charge is 0.486 e. The van der Waals surface area contributed by atoms with Crippen LogP contribution in [0.4, 0.5) is 0 Å². The van der Waals surface area contributed by atoms with Gasteiger partial charge in [0.15, 0.2) is 22.8 Å². The van der Waals surface area contributed by atoms with Crippen molar-refractivity contribution in [1.29, 1.82) is 0 Å². The first-order valence-electron chi connectivity index (χ1n) is 11.1. The van der Waals surface area contributed by atoms with Crippen LogP contribution in [0, 0.1) is 0 Å². The molecule has 178 valence electrons. The summed E-state index contributed by atoms with van der Waals surface area (Å²) in [5.41, 5.74) is 1.24.